The van der Waals surface area contributed by atoms with Crippen molar-refractivity contribution in [3.63, 3.8) is 0 Å². The molecule has 16 heavy (non-hydrogen) atoms. The predicted molar refractivity (Wildman–Crippen MR) is 66.5 cm³/mol. The van der Waals surface area contributed by atoms with Gasteiger partial charge in [-0.3, -0.25) is 0 Å². The minimum atomic E-state index is 0.0797. The first-order valence-electron chi connectivity index (χ1n) is 5.02. The second-order valence-corrected chi connectivity index (χ2v) is 4.02. The van der Waals surface area contributed by atoms with Crippen LogP contribution in [-0.2, 0) is 0 Å². The van der Waals surface area contributed by atoms with E-state index < -0.39 is 0 Å². The lowest BCUT2D eigenvalue weighted by atomic mass is 10.2. The van der Waals surface area contributed by atoms with E-state index in [2.05, 4.69) is 5.16 Å². The normalized spacial score (nSPS) is 11.5. The van der Waals surface area contributed by atoms with Gasteiger partial charge in [0.05, 0.1) is 12.2 Å². The van der Waals surface area contributed by atoms with Gasteiger partial charge in [-0.25, -0.2) is 0 Å². The Hall–Kier alpha value is -1.36. The number of hydrogen-bond acceptors (Lipinski definition) is 4. The van der Waals surface area contributed by atoms with Crippen molar-refractivity contribution in [2.75, 3.05) is 12.9 Å². The summed E-state index contributed by atoms with van der Waals surface area (Å²) in [5.74, 6) is 0.736. The molecule has 0 bridgehead atoms. The second-order valence-electron chi connectivity index (χ2n) is 3.17. The average molecular weight is 240 g/mol. The van der Waals surface area contributed by atoms with Gasteiger partial charge >= 0.3 is 0 Å². The Morgan fingerprint density at radius 3 is 2.88 bits per heavy atom. The van der Waals surface area contributed by atoms with Crippen LogP contribution >= 0.6 is 11.8 Å². The summed E-state index contributed by atoms with van der Waals surface area (Å²) >= 11 is 1.53. The summed E-state index contributed by atoms with van der Waals surface area (Å²) in [6.45, 7) is 2.64. The number of ether oxygens (including phenoxy) is 1. The molecule has 5 heteroatoms. The summed E-state index contributed by atoms with van der Waals surface area (Å²) < 4.78 is 5.57. The lowest BCUT2D eigenvalue weighted by Crippen LogP contribution is -2.16. The summed E-state index contributed by atoms with van der Waals surface area (Å²) in [6.07, 6.45) is 2.85. The van der Waals surface area contributed by atoms with Crippen molar-refractivity contribution >= 4 is 17.6 Å². The zero-order chi connectivity index (χ0) is 12.0. The molecule has 1 rings (SSSR count). The van der Waals surface area contributed by atoms with Crippen molar-refractivity contribution in [2.24, 2.45) is 10.9 Å². The summed E-state index contributed by atoms with van der Waals surface area (Å²) in [4.78, 5) is 0.934. The van der Waals surface area contributed by atoms with E-state index in [0.717, 1.165) is 11.3 Å². The van der Waals surface area contributed by atoms with Crippen molar-refractivity contribution in [3.05, 3.63) is 23.8 Å². The van der Waals surface area contributed by atoms with Gasteiger partial charge < -0.3 is 15.7 Å². The first-order valence-corrected chi connectivity index (χ1v) is 6.24. The smallest absolute Gasteiger partial charge is 0.174 e. The van der Waals surface area contributed by atoms with E-state index in [-0.39, 0.29) is 5.84 Å². The monoisotopic (exact) mass is 240 g/mol. The molecule has 1 aromatic rings. The number of rotatable bonds is 5. The lowest BCUT2D eigenvalue weighted by Gasteiger charge is -2.12. The molecule has 3 N–H and O–H groups in total. The van der Waals surface area contributed by atoms with Crippen LogP contribution in [0.25, 0.3) is 0 Å². The SMILES string of the molecule is CCCOc1cccc(SC)c1/C(N)=N/O. The highest BCUT2D eigenvalue weighted by molar-refractivity contribution is 7.98. The molecule has 4 nitrogen and oxygen atoms in total. The molecule has 0 saturated carbocycles. The van der Waals surface area contributed by atoms with E-state index in [1.165, 1.54) is 11.8 Å². The predicted octanol–water partition coefficient (Wildman–Crippen LogP) is 2.29. The van der Waals surface area contributed by atoms with Crippen LogP contribution in [0.1, 0.15) is 18.9 Å². The van der Waals surface area contributed by atoms with Crippen molar-refractivity contribution in [2.45, 2.75) is 18.2 Å². The molecule has 0 aliphatic rings. The van der Waals surface area contributed by atoms with Gasteiger partial charge in [0, 0.05) is 4.90 Å². The van der Waals surface area contributed by atoms with E-state index in [9.17, 15) is 0 Å². The van der Waals surface area contributed by atoms with Crippen molar-refractivity contribution in [1.29, 1.82) is 0 Å². The summed E-state index contributed by atoms with van der Waals surface area (Å²) in [5, 5.41) is 11.8. The number of oxime groups is 1. The first-order chi connectivity index (χ1) is 7.74. The maximum Gasteiger partial charge on any atom is 0.174 e. The molecule has 1 aromatic carbocycles. The number of benzene rings is 1. The fourth-order valence-corrected chi connectivity index (χ4v) is 1.94. The van der Waals surface area contributed by atoms with Crippen LogP contribution in [0.4, 0.5) is 0 Å². The van der Waals surface area contributed by atoms with E-state index in [0.29, 0.717) is 17.9 Å². The fourth-order valence-electron chi connectivity index (χ4n) is 1.32. The minimum absolute atomic E-state index is 0.0797. The number of thioether (sulfide) groups is 1. The zero-order valence-electron chi connectivity index (χ0n) is 9.43. The molecule has 0 fully saturated rings. The lowest BCUT2D eigenvalue weighted by molar-refractivity contribution is 0.311. The number of hydrogen-bond donors (Lipinski definition) is 2. The van der Waals surface area contributed by atoms with Gasteiger partial charge in [0.15, 0.2) is 5.84 Å². The molecular weight excluding hydrogens is 224 g/mol. The number of nitrogens with two attached hydrogens (primary N) is 1. The van der Waals surface area contributed by atoms with E-state index >= 15 is 0 Å². The van der Waals surface area contributed by atoms with E-state index in [4.69, 9.17) is 15.7 Å². The second kappa shape index (κ2) is 6.27. The topological polar surface area (TPSA) is 67.8 Å². The fraction of sp³-hybridized carbons (Fsp3) is 0.364. The third-order valence-electron chi connectivity index (χ3n) is 2.03. The molecule has 0 aliphatic heterocycles. The quantitative estimate of drug-likeness (QED) is 0.272. The molecule has 0 atom stereocenters. The Kier molecular flexibility index (Phi) is 4.98. The van der Waals surface area contributed by atoms with Gasteiger partial charge in [-0.15, -0.1) is 11.8 Å². The molecular formula is C11H16N2O2S. The van der Waals surface area contributed by atoms with Crippen LogP contribution in [0.2, 0.25) is 0 Å². The minimum Gasteiger partial charge on any atom is -0.493 e. The molecule has 0 unspecified atom stereocenters. The van der Waals surface area contributed by atoms with Crippen molar-refractivity contribution in [1.82, 2.24) is 0 Å². The Bertz CT molecular complexity index is 380. The van der Waals surface area contributed by atoms with Gasteiger partial charge in [-0.2, -0.15) is 0 Å². The highest BCUT2D eigenvalue weighted by Crippen LogP contribution is 2.28. The Balaban J connectivity index is 3.15. The van der Waals surface area contributed by atoms with Gasteiger partial charge in [0.2, 0.25) is 0 Å². The maximum atomic E-state index is 8.76. The van der Waals surface area contributed by atoms with Gasteiger partial charge in [-0.05, 0) is 24.8 Å². The number of nitrogens with zero attached hydrogens (tertiary/aromatic N) is 1. The summed E-state index contributed by atoms with van der Waals surface area (Å²) in [5.41, 5.74) is 6.31. The Morgan fingerprint density at radius 1 is 1.56 bits per heavy atom. The molecule has 0 aromatic heterocycles. The van der Waals surface area contributed by atoms with Gasteiger partial charge in [0.1, 0.15) is 5.75 Å². The molecule has 0 spiro atoms. The Morgan fingerprint density at radius 2 is 2.31 bits per heavy atom. The van der Waals surface area contributed by atoms with Crippen LogP contribution in [0.15, 0.2) is 28.3 Å². The van der Waals surface area contributed by atoms with Crippen molar-refractivity contribution < 1.29 is 9.94 Å². The van der Waals surface area contributed by atoms with Crippen molar-refractivity contribution in [3.8, 4) is 5.75 Å². The third-order valence-corrected chi connectivity index (χ3v) is 2.81. The first kappa shape index (κ1) is 12.7. The van der Waals surface area contributed by atoms with Crippen LogP contribution in [0, 0.1) is 0 Å². The van der Waals surface area contributed by atoms with E-state index in [1.807, 2.05) is 31.4 Å². The molecule has 0 heterocycles. The zero-order valence-corrected chi connectivity index (χ0v) is 10.3. The summed E-state index contributed by atoms with van der Waals surface area (Å²) in [6, 6.07) is 5.63. The van der Waals surface area contributed by atoms with Crippen LogP contribution in [0.5, 0.6) is 5.75 Å². The Labute approximate surface area is 99.5 Å². The highest BCUT2D eigenvalue weighted by Gasteiger charge is 2.13. The molecule has 0 radical (unpaired) electrons. The standard InChI is InChI=1S/C11H16N2O2S/c1-3-7-15-8-5-4-6-9(16-2)10(8)11(12)13-14/h4-6,14H,3,7H2,1-2H3,(H2,12,13). The van der Waals surface area contributed by atoms with Gasteiger partial charge in [0.25, 0.3) is 0 Å². The third kappa shape index (κ3) is 2.82. The molecule has 88 valence electrons. The molecule has 0 saturated heterocycles. The summed E-state index contributed by atoms with van der Waals surface area (Å²) in [7, 11) is 0. The van der Waals surface area contributed by atoms with Crippen LogP contribution in [0.3, 0.4) is 0 Å². The van der Waals surface area contributed by atoms with Gasteiger partial charge in [-0.1, -0.05) is 18.1 Å². The largest absolute Gasteiger partial charge is 0.493 e. The average Bonchev–Trinajstić information content (AvgIpc) is 2.34. The molecule has 0 amide bonds. The number of amidine groups is 1. The molecule has 0 aliphatic carbocycles. The highest BCUT2D eigenvalue weighted by atomic mass is 32.2. The van der Waals surface area contributed by atoms with Crippen LogP contribution < -0.4 is 10.5 Å². The van der Waals surface area contributed by atoms with E-state index in [1.54, 1.807) is 0 Å². The maximum absolute atomic E-state index is 8.76. The van der Waals surface area contributed by atoms with Crippen LogP contribution in [-0.4, -0.2) is 23.9 Å².